The predicted molar refractivity (Wildman–Crippen MR) is 66.8 cm³/mol. The topological polar surface area (TPSA) is 30.5 Å². The van der Waals surface area contributed by atoms with Gasteiger partial charge in [0, 0.05) is 18.5 Å². The number of hydrogen-bond donors (Lipinski definition) is 1. The van der Waals surface area contributed by atoms with E-state index in [2.05, 4.69) is 10.1 Å². The molecule has 1 aliphatic rings. The molecule has 1 aromatic rings. The second kappa shape index (κ2) is 6.86. The van der Waals surface area contributed by atoms with E-state index in [1.54, 1.807) is 6.07 Å². The van der Waals surface area contributed by atoms with Crippen LogP contribution in [0.4, 0.5) is 13.2 Å². The first-order chi connectivity index (χ1) is 8.53. The third kappa shape index (κ3) is 5.57. The minimum atomic E-state index is -4.67. The Kier molecular flexibility index (Phi) is 5.75. The number of hydrogen-bond acceptors (Lipinski definition) is 3. The van der Waals surface area contributed by atoms with E-state index >= 15 is 0 Å². The number of nitrogens with one attached hydrogen (secondary N) is 1. The van der Waals surface area contributed by atoms with Gasteiger partial charge in [-0.05, 0) is 25.1 Å². The van der Waals surface area contributed by atoms with Crippen molar-refractivity contribution in [3.05, 3.63) is 24.3 Å². The SMILES string of the molecule is Cl.FC(F)(F)Oc1cccc(OC[C@@H]2CCNC2)c1. The normalized spacial score (nSPS) is 18.8. The molecule has 0 amide bonds. The first-order valence-corrected chi connectivity index (χ1v) is 5.72. The van der Waals surface area contributed by atoms with Crippen LogP contribution in [0.2, 0.25) is 0 Å². The van der Waals surface area contributed by atoms with Crippen LogP contribution >= 0.6 is 12.4 Å². The number of ether oxygens (including phenoxy) is 2. The molecule has 0 spiro atoms. The molecule has 0 unspecified atom stereocenters. The standard InChI is InChI=1S/C12H14F3NO2.ClH/c13-12(14,15)18-11-3-1-2-10(6-11)17-8-9-4-5-16-7-9;/h1-3,6,9,16H,4-5,7-8H2;1H/t9-;/m1./s1. The average Bonchev–Trinajstić information content (AvgIpc) is 2.77. The minimum Gasteiger partial charge on any atom is -0.493 e. The Balaban J connectivity index is 0.00000180. The highest BCUT2D eigenvalue weighted by Gasteiger charge is 2.31. The van der Waals surface area contributed by atoms with Crippen LogP contribution in [0.5, 0.6) is 11.5 Å². The van der Waals surface area contributed by atoms with E-state index in [1.807, 2.05) is 0 Å². The number of halogens is 4. The fourth-order valence-electron chi connectivity index (χ4n) is 1.83. The predicted octanol–water partition coefficient (Wildman–Crippen LogP) is 3.00. The molecule has 2 rings (SSSR count). The van der Waals surface area contributed by atoms with Gasteiger partial charge in [-0.25, -0.2) is 0 Å². The van der Waals surface area contributed by atoms with Crippen molar-refractivity contribution in [2.45, 2.75) is 12.8 Å². The molecule has 7 heteroatoms. The fraction of sp³-hybridized carbons (Fsp3) is 0.500. The molecule has 0 aliphatic carbocycles. The van der Waals surface area contributed by atoms with Crippen LogP contribution in [-0.2, 0) is 0 Å². The third-order valence-electron chi connectivity index (χ3n) is 2.69. The van der Waals surface area contributed by atoms with Gasteiger partial charge in [-0.15, -0.1) is 25.6 Å². The molecule has 0 saturated carbocycles. The molecular weight excluding hydrogens is 283 g/mol. The van der Waals surface area contributed by atoms with Crippen molar-refractivity contribution in [3.63, 3.8) is 0 Å². The maximum Gasteiger partial charge on any atom is 0.573 e. The molecule has 1 saturated heterocycles. The van der Waals surface area contributed by atoms with Gasteiger partial charge in [0.2, 0.25) is 0 Å². The van der Waals surface area contributed by atoms with Gasteiger partial charge in [-0.1, -0.05) is 6.07 Å². The molecule has 1 fully saturated rings. The number of rotatable bonds is 4. The Morgan fingerprint density at radius 2 is 2.00 bits per heavy atom. The Morgan fingerprint density at radius 1 is 1.26 bits per heavy atom. The molecule has 3 nitrogen and oxygen atoms in total. The van der Waals surface area contributed by atoms with Crippen molar-refractivity contribution in [1.82, 2.24) is 5.32 Å². The van der Waals surface area contributed by atoms with Gasteiger partial charge in [0.1, 0.15) is 11.5 Å². The van der Waals surface area contributed by atoms with E-state index in [1.165, 1.54) is 18.2 Å². The van der Waals surface area contributed by atoms with Crippen LogP contribution in [0.25, 0.3) is 0 Å². The van der Waals surface area contributed by atoms with E-state index in [0.29, 0.717) is 18.3 Å². The second-order valence-electron chi connectivity index (χ2n) is 4.19. The molecule has 1 N–H and O–H groups in total. The Labute approximate surface area is 115 Å². The summed E-state index contributed by atoms with van der Waals surface area (Å²) in [6.45, 7) is 2.35. The van der Waals surface area contributed by atoms with Crippen LogP contribution in [0, 0.1) is 5.92 Å². The van der Waals surface area contributed by atoms with Crippen molar-refractivity contribution < 1.29 is 22.6 Å². The summed E-state index contributed by atoms with van der Waals surface area (Å²) in [4.78, 5) is 0. The third-order valence-corrected chi connectivity index (χ3v) is 2.69. The average molecular weight is 298 g/mol. The summed E-state index contributed by atoms with van der Waals surface area (Å²) in [5.41, 5.74) is 0. The summed E-state index contributed by atoms with van der Waals surface area (Å²) in [7, 11) is 0. The molecule has 0 aromatic heterocycles. The summed E-state index contributed by atoms with van der Waals surface area (Å²) < 4.78 is 45.4. The van der Waals surface area contributed by atoms with Gasteiger partial charge in [0.05, 0.1) is 6.61 Å². The first kappa shape index (κ1) is 15.9. The molecule has 1 heterocycles. The van der Waals surface area contributed by atoms with Crippen LogP contribution in [-0.4, -0.2) is 26.1 Å². The summed E-state index contributed by atoms with van der Waals surface area (Å²) in [5.74, 6) is 0.547. The van der Waals surface area contributed by atoms with E-state index < -0.39 is 6.36 Å². The highest BCUT2D eigenvalue weighted by molar-refractivity contribution is 5.85. The maximum absolute atomic E-state index is 12.0. The number of benzene rings is 1. The number of alkyl halides is 3. The zero-order chi connectivity index (χ0) is 13.0. The van der Waals surface area contributed by atoms with Crippen LogP contribution in [0.1, 0.15) is 6.42 Å². The van der Waals surface area contributed by atoms with Gasteiger partial charge >= 0.3 is 6.36 Å². The Hall–Kier alpha value is -1.14. The van der Waals surface area contributed by atoms with Crippen molar-refractivity contribution in [2.24, 2.45) is 5.92 Å². The molecule has 19 heavy (non-hydrogen) atoms. The van der Waals surface area contributed by atoms with Gasteiger partial charge in [-0.3, -0.25) is 0 Å². The Morgan fingerprint density at radius 3 is 2.63 bits per heavy atom. The highest BCUT2D eigenvalue weighted by Crippen LogP contribution is 2.26. The lowest BCUT2D eigenvalue weighted by molar-refractivity contribution is -0.274. The van der Waals surface area contributed by atoms with Gasteiger partial charge in [0.15, 0.2) is 0 Å². The molecule has 1 aromatic carbocycles. The maximum atomic E-state index is 12.0. The lowest BCUT2D eigenvalue weighted by atomic mass is 10.1. The van der Waals surface area contributed by atoms with E-state index in [4.69, 9.17) is 4.74 Å². The lowest BCUT2D eigenvalue weighted by Gasteiger charge is -2.13. The zero-order valence-electron chi connectivity index (χ0n) is 10.1. The lowest BCUT2D eigenvalue weighted by Crippen LogP contribution is -2.17. The summed E-state index contributed by atoms with van der Waals surface area (Å²) in [5, 5.41) is 3.20. The second-order valence-corrected chi connectivity index (χ2v) is 4.19. The van der Waals surface area contributed by atoms with Gasteiger partial charge in [-0.2, -0.15) is 0 Å². The van der Waals surface area contributed by atoms with Crippen LogP contribution in [0.15, 0.2) is 24.3 Å². The van der Waals surface area contributed by atoms with Crippen molar-refractivity contribution in [2.75, 3.05) is 19.7 Å². The highest BCUT2D eigenvalue weighted by atomic mass is 35.5. The van der Waals surface area contributed by atoms with Gasteiger partial charge in [0.25, 0.3) is 0 Å². The molecule has 108 valence electrons. The van der Waals surface area contributed by atoms with Crippen molar-refractivity contribution in [1.29, 1.82) is 0 Å². The van der Waals surface area contributed by atoms with E-state index in [9.17, 15) is 13.2 Å². The summed E-state index contributed by atoms with van der Waals surface area (Å²) >= 11 is 0. The molecular formula is C12H15ClF3NO2. The minimum absolute atomic E-state index is 0. The monoisotopic (exact) mass is 297 g/mol. The molecule has 0 radical (unpaired) electrons. The molecule has 1 aliphatic heterocycles. The fourth-order valence-corrected chi connectivity index (χ4v) is 1.83. The Bertz CT molecular complexity index is 395. The van der Waals surface area contributed by atoms with E-state index in [-0.39, 0.29) is 18.2 Å². The molecule has 0 bridgehead atoms. The van der Waals surface area contributed by atoms with E-state index in [0.717, 1.165) is 19.5 Å². The zero-order valence-corrected chi connectivity index (χ0v) is 10.9. The quantitative estimate of drug-likeness (QED) is 0.927. The molecule has 1 atom stereocenters. The van der Waals surface area contributed by atoms with Crippen molar-refractivity contribution >= 4 is 12.4 Å². The van der Waals surface area contributed by atoms with Crippen LogP contribution < -0.4 is 14.8 Å². The summed E-state index contributed by atoms with van der Waals surface area (Å²) in [6.07, 6.45) is -3.65. The first-order valence-electron chi connectivity index (χ1n) is 5.72. The summed E-state index contributed by atoms with van der Waals surface area (Å²) in [6, 6.07) is 5.59. The van der Waals surface area contributed by atoms with Gasteiger partial charge < -0.3 is 14.8 Å². The van der Waals surface area contributed by atoms with Crippen LogP contribution in [0.3, 0.4) is 0 Å². The van der Waals surface area contributed by atoms with Crippen molar-refractivity contribution in [3.8, 4) is 11.5 Å². The smallest absolute Gasteiger partial charge is 0.493 e. The largest absolute Gasteiger partial charge is 0.573 e.